The van der Waals surface area contributed by atoms with Crippen molar-refractivity contribution in [1.82, 2.24) is 4.98 Å². The van der Waals surface area contributed by atoms with E-state index >= 15 is 0 Å². The molecule has 0 unspecified atom stereocenters. The summed E-state index contributed by atoms with van der Waals surface area (Å²) in [5, 5.41) is 8.67. The molecule has 1 rings (SSSR count). The number of rotatable bonds is 1. The van der Waals surface area contributed by atoms with Crippen molar-refractivity contribution in [2.24, 2.45) is 0 Å². The van der Waals surface area contributed by atoms with Gasteiger partial charge >= 0.3 is 6.18 Å². The van der Waals surface area contributed by atoms with Crippen molar-refractivity contribution >= 4 is 0 Å². The number of hydrogen-bond donors (Lipinski definition) is 1. The Hall–Kier alpha value is -1.10. The van der Waals surface area contributed by atoms with E-state index in [1.807, 2.05) is 0 Å². The van der Waals surface area contributed by atoms with Crippen molar-refractivity contribution < 1.29 is 18.3 Å². The zero-order chi connectivity index (χ0) is 10.1. The smallest absolute Gasteiger partial charge is 0.392 e. The van der Waals surface area contributed by atoms with Crippen molar-refractivity contribution in [2.45, 2.75) is 19.7 Å². The topological polar surface area (TPSA) is 33.1 Å². The van der Waals surface area contributed by atoms with Gasteiger partial charge in [-0.3, -0.25) is 4.98 Å². The molecule has 0 fully saturated rings. The monoisotopic (exact) mass is 191 g/mol. The summed E-state index contributed by atoms with van der Waals surface area (Å²) in [4.78, 5) is 3.24. The van der Waals surface area contributed by atoms with Gasteiger partial charge < -0.3 is 5.11 Å². The molecule has 1 N–H and O–H groups in total. The standard InChI is InChI=1S/C8H8F3NO/c1-5-2-6(4-13)7(12-3-5)8(9,10)11/h2-3,13H,4H2,1H3. The van der Waals surface area contributed by atoms with Crippen LogP contribution in [0, 0.1) is 6.92 Å². The molecule has 0 saturated carbocycles. The van der Waals surface area contributed by atoms with E-state index in [0.29, 0.717) is 5.56 Å². The lowest BCUT2D eigenvalue weighted by atomic mass is 10.1. The molecule has 0 aliphatic carbocycles. The minimum Gasteiger partial charge on any atom is -0.392 e. The Balaban J connectivity index is 3.22. The molecule has 0 radical (unpaired) electrons. The highest BCUT2D eigenvalue weighted by atomic mass is 19.4. The first-order valence-electron chi connectivity index (χ1n) is 3.58. The molecule has 1 aromatic heterocycles. The van der Waals surface area contributed by atoms with Gasteiger partial charge in [0.25, 0.3) is 0 Å². The molecule has 5 heteroatoms. The third-order valence-corrected chi connectivity index (χ3v) is 1.54. The fourth-order valence-electron chi connectivity index (χ4n) is 1.01. The molecular formula is C8H8F3NO. The van der Waals surface area contributed by atoms with E-state index in [0.717, 1.165) is 6.20 Å². The number of hydrogen-bond acceptors (Lipinski definition) is 2. The van der Waals surface area contributed by atoms with Crippen LogP contribution in [0.25, 0.3) is 0 Å². The van der Waals surface area contributed by atoms with E-state index < -0.39 is 18.5 Å². The minimum absolute atomic E-state index is 0.187. The zero-order valence-electron chi connectivity index (χ0n) is 6.89. The summed E-state index contributed by atoms with van der Waals surface area (Å²) in [5.41, 5.74) is -0.606. The lowest BCUT2D eigenvalue weighted by Gasteiger charge is -2.09. The number of aliphatic hydroxyl groups excluding tert-OH is 1. The van der Waals surface area contributed by atoms with Crippen LogP contribution in [-0.4, -0.2) is 10.1 Å². The van der Waals surface area contributed by atoms with Crippen molar-refractivity contribution in [3.63, 3.8) is 0 Å². The molecule has 0 spiro atoms. The first-order valence-corrected chi connectivity index (χ1v) is 3.58. The van der Waals surface area contributed by atoms with Gasteiger partial charge in [0, 0.05) is 11.8 Å². The molecule has 13 heavy (non-hydrogen) atoms. The van der Waals surface area contributed by atoms with Gasteiger partial charge in [-0.1, -0.05) is 6.07 Å². The van der Waals surface area contributed by atoms with Crippen LogP contribution in [0.15, 0.2) is 12.3 Å². The average molecular weight is 191 g/mol. The number of halogens is 3. The van der Waals surface area contributed by atoms with Gasteiger partial charge in [-0.25, -0.2) is 0 Å². The Morgan fingerprint density at radius 3 is 2.54 bits per heavy atom. The van der Waals surface area contributed by atoms with Gasteiger partial charge in [0.1, 0.15) is 5.69 Å². The number of alkyl halides is 3. The van der Waals surface area contributed by atoms with Crippen molar-refractivity contribution in [1.29, 1.82) is 0 Å². The van der Waals surface area contributed by atoms with Gasteiger partial charge in [0.15, 0.2) is 0 Å². The molecule has 0 aliphatic rings. The molecule has 0 bridgehead atoms. The van der Waals surface area contributed by atoms with Gasteiger partial charge in [0.05, 0.1) is 6.61 Å². The average Bonchev–Trinajstić information content (AvgIpc) is 2.01. The van der Waals surface area contributed by atoms with Crippen LogP contribution in [0.2, 0.25) is 0 Å². The largest absolute Gasteiger partial charge is 0.433 e. The zero-order valence-corrected chi connectivity index (χ0v) is 6.89. The lowest BCUT2D eigenvalue weighted by molar-refractivity contribution is -0.142. The quantitative estimate of drug-likeness (QED) is 0.735. The third-order valence-electron chi connectivity index (χ3n) is 1.54. The highest BCUT2D eigenvalue weighted by molar-refractivity contribution is 5.25. The van der Waals surface area contributed by atoms with E-state index in [-0.39, 0.29) is 5.56 Å². The lowest BCUT2D eigenvalue weighted by Crippen LogP contribution is -2.12. The van der Waals surface area contributed by atoms with Crippen LogP contribution in [0.3, 0.4) is 0 Å². The Kier molecular flexibility index (Phi) is 2.56. The van der Waals surface area contributed by atoms with Gasteiger partial charge in [0.2, 0.25) is 0 Å². The molecule has 0 saturated heterocycles. The summed E-state index contributed by atoms with van der Waals surface area (Å²) in [6.45, 7) is 0.968. The van der Waals surface area contributed by atoms with E-state index in [2.05, 4.69) is 4.98 Å². The first kappa shape index (κ1) is 9.98. The van der Waals surface area contributed by atoms with Crippen LogP contribution >= 0.6 is 0 Å². The molecule has 0 aliphatic heterocycles. The molecule has 0 atom stereocenters. The number of aryl methyl sites for hydroxylation is 1. The number of aromatic nitrogens is 1. The van der Waals surface area contributed by atoms with Crippen LogP contribution in [0.4, 0.5) is 13.2 Å². The van der Waals surface area contributed by atoms with Gasteiger partial charge in [-0.05, 0) is 12.5 Å². The predicted octanol–water partition coefficient (Wildman–Crippen LogP) is 1.90. The summed E-state index contributed by atoms with van der Waals surface area (Å²) in [7, 11) is 0. The molecule has 72 valence electrons. The molecule has 0 amide bonds. The fourth-order valence-corrected chi connectivity index (χ4v) is 1.01. The maximum absolute atomic E-state index is 12.2. The van der Waals surface area contributed by atoms with Crippen LogP contribution < -0.4 is 0 Å². The Bertz CT molecular complexity index is 309. The summed E-state index contributed by atoms with van der Waals surface area (Å²) >= 11 is 0. The number of nitrogens with zero attached hydrogens (tertiary/aromatic N) is 1. The number of aliphatic hydroxyl groups is 1. The SMILES string of the molecule is Cc1cnc(C(F)(F)F)c(CO)c1. The Morgan fingerprint density at radius 2 is 2.08 bits per heavy atom. The summed E-state index contributed by atoms with van der Waals surface area (Å²) in [5.74, 6) is 0. The fraction of sp³-hybridized carbons (Fsp3) is 0.375. The second kappa shape index (κ2) is 3.33. The van der Waals surface area contributed by atoms with E-state index in [1.165, 1.54) is 6.07 Å². The molecule has 1 aromatic rings. The van der Waals surface area contributed by atoms with Crippen molar-refractivity contribution in [2.75, 3.05) is 0 Å². The highest BCUT2D eigenvalue weighted by Crippen LogP contribution is 2.30. The normalized spacial score (nSPS) is 11.8. The Labute approximate surface area is 73.0 Å². The summed E-state index contributed by atoms with van der Waals surface area (Å²) < 4.78 is 36.6. The second-order valence-corrected chi connectivity index (χ2v) is 2.68. The van der Waals surface area contributed by atoms with Crippen LogP contribution in [-0.2, 0) is 12.8 Å². The number of pyridine rings is 1. The molecular weight excluding hydrogens is 183 g/mol. The second-order valence-electron chi connectivity index (χ2n) is 2.68. The van der Waals surface area contributed by atoms with E-state index in [4.69, 9.17) is 5.11 Å². The van der Waals surface area contributed by atoms with Crippen molar-refractivity contribution in [3.05, 3.63) is 29.1 Å². The third kappa shape index (κ3) is 2.18. The van der Waals surface area contributed by atoms with Crippen molar-refractivity contribution in [3.8, 4) is 0 Å². The maximum Gasteiger partial charge on any atom is 0.433 e. The highest BCUT2D eigenvalue weighted by Gasteiger charge is 2.34. The summed E-state index contributed by atoms with van der Waals surface area (Å²) in [6, 6.07) is 1.27. The Morgan fingerprint density at radius 1 is 1.46 bits per heavy atom. The maximum atomic E-state index is 12.2. The van der Waals surface area contributed by atoms with E-state index in [1.54, 1.807) is 6.92 Å². The van der Waals surface area contributed by atoms with Gasteiger partial charge in [-0.2, -0.15) is 13.2 Å². The van der Waals surface area contributed by atoms with Gasteiger partial charge in [-0.15, -0.1) is 0 Å². The van der Waals surface area contributed by atoms with Crippen LogP contribution in [0.5, 0.6) is 0 Å². The molecule has 1 heterocycles. The van der Waals surface area contributed by atoms with E-state index in [9.17, 15) is 13.2 Å². The predicted molar refractivity (Wildman–Crippen MR) is 39.9 cm³/mol. The van der Waals surface area contributed by atoms with Crippen LogP contribution in [0.1, 0.15) is 16.8 Å². The molecule has 0 aromatic carbocycles. The molecule has 2 nitrogen and oxygen atoms in total. The summed E-state index contributed by atoms with van der Waals surface area (Å²) in [6.07, 6.45) is -3.37. The minimum atomic E-state index is -4.49. The first-order chi connectivity index (χ1) is 5.95.